The van der Waals surface area contributed by atoms with Gasteiger partial charge in [0.1, 0.15) is 12.4 Å². The van der Waals surface area contributed by atoms with Crippen LogP contribution in [0.5, 0.6) is 5.75 Å². The van der Waals surface area contributed by atoms with Crippen LogP contribution in [0.25, 0.3) is 0 Å². The molecular formula is C20H26N2O4S. The molecule has 4 bridgehead atoms. The van der Waals surface area contributed by atoms with Crippen molar-refractivity contribution < 1.29 is 17.9 Å². The van der Waals surface area contributed by atoms with Crippen molar-refractivity contribution in [1.82, 2.24) is 0 Å². The molecule has 6 nitrogen and oxygen atoms in total. The summed E-state index contributed by atoms with van der Waals surface area (Å²) in [5, 5.41) is 3.12. The lowest BCUT2D eigenvalue weighted by Crippen LogP contribution is -2.51. The van der Waals surface area contributed by atoms with E-state index < -0.39 is 10.0 Å². The molecule has 1 aromatic carbocycles. The highest BCUT2D eigenvalue weighted by molar-refractivity contribution is 7.92. The van der Waals surface area contributed by atoms with Crippen LogP contribution >= 0.6 is 0 Å². The van der Waals surface area contributed by atoms with Crippen LogP contribution in [0.3, 0.4) is 0 Å². The largest absolute Gasteiger partial charge is 0.489 e. The van der Waals surface area contributed by atoms with Crippen molar-refractivity contribution in [3.8, 4) is 5.75 Å². The van der Waals surface area contributed by atoms with Gasteiger partial charge in [0.15, 0.2) is 0 Å². The highest BCUT2D eigenvalue weighted by atomic mass is 32.2. The van der Waals surface area contributed by atoms with Crippen LogP contribution in [0.4, 0.5) is 11.4 Å². The zero-order valence-corrected chi connectivity index (χ0v) is 16.4. The SMILES string of the molecule is CS(=O)(=O)N1CCOc2cc(NC(=O)C34CC5CC(CC(C5)C3)C4)ccc21. The number of sulfonamides is 1. The fourth-order valence-electron chi connectivity index (χ4n) is 6.27. The highest BCUT2D eigenvalue weighted by Crippen LogP contribution is 2.60. The molecule has 0 radical (unpaired) electrons. The van der Waals surface area contributed by atoms with Crippen LogP contribution in [0.1, 0.15) is 38.5 Å². The lowest BCUT2D eigenvalue weighted by molar-refractivity contribution is -0.140. The number of ether oxygens (including phenoxy) is 1. The van der Waals surface area contributed by atoms with Gasteiger partial charge in [-0.05, 0) is 68.4 Å². The van der Waals surface area contributed by atoms with Gasteiger partial charge < -0.3 is 10.1 Å². The average molecular weight is 391 g/mol. The lowest BCUT2D eigenvalue weighted by Gasteiger charge is -2.55. The Hall–Kier alpha value is -1.76. The second kappa shape index (κ2) is 5.87. The van der Waals surface area contributed by atoms with E-state index in [1.54, 1.807) is 18.2 Å². The van der Waals surface area contributed by atoms with Crippen LogP contribution in [0, 0.1) is 23.2 Å². The number of nitrogens with one attached hydrogen (secondary N) is 1. The summed E-state index contributed by atoms with van der Waals surface area (Å²) in [7, 11) is -3.34. The number of benzene rings is 1. The van der Waals surface area contributed by atoms with E-state index >= 15 is 0 Å². The first-order chi connectivity index (χ1) is 12.8. The van der Waals surface area contributed by atoms with Gasteiger partial charge >= 0.3 is 0 Å². The second-order valence-electron chi connectivity index (χ2n) is 9.02. The molecule has 0 spiro atoms. The van der Waals surface area contributed by atoms with Crippen LogP contribution < -0.4 is 14.4 Å². The van der Waals surface area contributed by atoms with E-state index in [0.29, 0.717) is 30.3 Å². The van der Waals surface area contributed by atoms with Crippen molar-refractivity contribution in [3.63, 3.8) is 0 Å². The quantitative estimate of drug-likeness (QED) is 0.861. The van der Waals surface area contributed by atoms with Crippen molar-refractivity contribution in [2.24, 2.45) is 23.2 Å². The Bertz CT molecular complexity index is 860. The summed E-state index contributed by atoms with van der Waals surface area (Å²) < 4.78 is 31.0. The van der Waals surface area contributed by atoms with Gasteiger partial charge in [-0.3, -0.25) is 9.10 Å². The van der Waals surface area contributed by atoms with Gasteiger partial charge in [-0.15, -0.1) is 0 Å². The summed E-state index contributed by atoms with van der Waals surface area (Å²) in [4.78, 5) is 13.2. The second-order valence-corrected chi connectivity index (χ2v) is 10.9. The molecule has 4 fully saturated rings. The number of anilines is 2. The van der Waals surface area contributed by atoms with Gasteiger partial charge in [0.25, 0.3) is 0 Å². The zero-order valence-electron chi connectivity index (χ0n) is 15.6. The van der Waals surface area contributed by atoms with Gasteiger partial charge in [0.2, 0.25) is 15.9 Å². The smallest absolute Gasteiger partial charge is 0.232 e. The molecule has 146 valence electrons. The van der Waals surface area contributed by atoms with E-state index in [0.717, 1.165) is 37.0 Å². The van der Waals surface area contributed by atoms with E-state index in [2.05, 4.69) is 5.32 Å². The Morgan fingerprint density at radius 1 is 1.15 bits per heavy atom. The third-order valence-corrected chi connectivity index (χ3v) is 8.14. The van der Waals surface area contributed by atoms with E-state index in [-0.39, 0.29) is 11.3 Å². The molecule has 0 atom stereocenters. The summed E-state index contributed by atoms with van der Waals surface area (Å²) in [5.74, 6) is 2.80. The molecule has 1 aliphatic heterocycles. The minimum absolute atomic E-state index is 0.136. The molecule has 6 rings (SSSR count). The number of nitrogens with zero attached hydrogens (tertiary/aromatic N) is 1. The van der Waals surface area contributed by atoms with E-state index in [9.17, 15) is 13.2 Å². The molecule has 0 saturated heterocycles. The number of carbonyl (C=O) groups is 1. The van der Waals surface area contributed by atoms with Crippen molar-refractivity contribution in [2.45, 2.75) is 38.5 Å². The van der Waals surface area contributed by atoms with Gasteiger partial charge in [-0.1, -0.05) is 0 Å². The standard InChI is InChI=1S/C20H26N2O4S/c1-27(24,25)22-4-5-26-18-9-16(2-3-17(18)22)21-19(23)20-10-13-6-14(11-20)8-15(7-13)12-20/h2-3,9,13-15H,4-8,10-12H2,1H3,(H,21,23). The summed E-state index contributed by atoms with van der Waals surface area (Å²) in [6.45, 7) is 0.622. The highest BCUT2D eigenvalue weighted by Gasteiger charge is 2.54. The molecule has 7 heteroatoms. The molecule has 1 aromatic rings. The molecule has 4 aliphatic carbocycles. The molecule has 1 heterocycles. The lowest BCUT2D eigenvalue weighted by atomic mass is 9.49. The summed E-state index contributed by atoms with van der Waals surface area (Å²) >= 11 is 0. The average Bonchev–Trinajstić information content (AvgIpc) is 2.59. The van der Waals surface area contributed by atoms with Crippen LogP contribution in [0.15, 0.2) is 18.2 Å². The van der Waals surface area contributed by atoms with Gasteiger partial charge in [0.05, 0.1) is 23.9 Å². The topological polar surface area (TPSA) is 75.7 Å². The van der Waals surface area contributed by atoms with Crippen molar-refractivity contribution in [1.29, 1.82) is 0 Å². The number of amides is 1. The van der Waals surface area contributed by atoms with Crippen molar-refractivity contribution in [3.05, 3.63) is 18.2 Å². The predicted molar refractivity (Wildman–Crippen MR) is 103 cm³/mol. The third kappa shape index (κ3) is 2.91. The Balaban J connectivity index is 1.38. The van der Waals surface area contributed by atoms with Gasteiger partial charge in [-0.25, -0.2) is 8.42 Å². The van der Waals surface area contributed by atoms with Crippen molar-refractivity contribution in [2.75, 3.05) is 29.0 Å². The molecule has 1 N–H and O–H groups in total. The first-order valence-electron chi connectivity index (χ1n) is 9.88. The number of carbonyl (C=O) groups excluding carboxylic acids is 1. The van der Waals surface area contributed by atoms with Gasteiger partial charge in [-0.2, -0.15) is 0 Å². The fraction of sp³-hybridized carbons (Fsp3) is 0.650. The normalized spacial score (nSPS) is 34.1. The molecule has 1 amide bonds. The third-order valence-electron chi connectivity index (χ3n) is 6.96. The fourth-order valence-corrected chi connectivity index (χ4v) is 7.18. The first-order valence-corrected chi connectivity index (χ1v) is 11.7. The molecule has 5 aliphatic rings. The van der Waals surface area contributed by atoms with Crippen LogP contribution in [-0.4, -0.2) is 33.7 Å². The maximum absolute atomic E-state index is 13.2. The number of hydrogen-bond donors (Lipinski definition) is 1. The molecule has 27 heavy (non-hydrogen) atoms. The summed E-state index contributed by atoms with van der Waals surface area (Å²) in [6, 6.07) is 5.26. The monoisotopic (exact) mass is 390 g/mol. The molecular weight excluding hydrogens is 364 g/mol. The molecule has 0 aromatic heterocycles. The Labute approximate surface area is 160 Å². The number of rotatable bonds is 3. The van der Waals surface area contributed by atoms with E-state index in [1.165, 1.54) is 29.8 Å². The number of fused-ring (bicyclic) bond motifs is 1. The zero-order chi connectivity index (χ0) is 18.8. The predicted octanol–water partition coefficient (Wildman–Crippen LogP) is 3.00. The van der Waals surface area contributed by atoms with Gasteiger partial charge in [0, 0.05) is 11.8 Å². The van der Waals surface area contributed by atoms with E-state index in [1.807, 2.05) is 0 Å². The van der Waals surface area contributed by atoms with Crippen molar-refractivity contribution >= 4 is 27.3 Å². The van der Waals surface area contributed by atoms with E-state index in [4.69, 9.17) is 4.74 Å². The Morgan fingerprint density at radius 2 is 1.78 bits per heavy atom. The summed E-state index contributed by atoms with van der Waals surface area (Å²) in [5.41, 5.74) is 1.02. The molecule has 4 saturated carbocycles. The Morgan fingerprint density at radius 3 is 2.37 bits per heavy atom. The molecule has 0 unspecified atom stereocenters. The van der Waals surface area contributed by atoms with Crippen LogP contribution in [0.2, 0.25) is 0 Å². The maximum Gasteiger partial charge on any atom is 0.232 e. The minimum atomic E-state index is -3.34. The minimum Gasteiger partial charge on any atom is -0.489 e. The number of hydrogen-bond acceptors (Lipinski definition) is 4. The van der Waals surface area contributed by atoms with Crippen LogP contribution in [-0.2, 0) is 14.8 Å². The first kappa shape index (κ1) is 17.3. The summed E-state index contributed by atoms with van der Waals surface area (Å²) in [6.07, 6.45) is 8.18. The Kier molecular flexibility index (Phi) is 3.77. The maximum atomic E-state index is 13.2.